The fourth-order valence-corrected chi connectivity index (χ4v) is 1.44. The summed E-state index contributed by atoms with van der Waals surface area (Å²) in [4.78, 5) is 27.3. The van der Waals surface area contributed by atoms with E-state index in [-0.39, 0.29) is 18.5 Å². The van der Waals surface area contributed by atoms with E-state index in [0.29, 0.717) is 11.0 Å². The van der Waals surface area contributed by atoms with Crippen molar-refractivity contribution in [2.24, 2.45) is 12.9 Å². The minimum atomic E-state index is -0.600. The smallest absolute Gasteiger partial charge is 0.328 e. The molecule has 2 aromatic rings. The molecular weight excluding hydrogens is 242 g/mol. The van der Waals surface area contributed by atoms with E-state index >= 15 is 0 Å². The molecule has 2 aromatic heterocycles. The summed E-state index contributed by atoms with van der Waals surface area (Å²) in [6.45, 7) is 0.0528. The molecule has 0 atom stereocenters. The normalized spacial score (nSPS) is 10.8. The molecule has 0 fully saturated rings. The largest absolute Gasteiger partial charge is 0.356 e. The molecule has 96 valence electrons. The second-order valence-electron chi connectivity index (χ2n) is 3.47. The topological polar surface area (TPSA) is 130 Å². The number of nitrogens with zero attached hydrogens (tertiary/aromatic N) is 5. The molecule has 0 amide bonds. The van der Waals surface area contributed by atoms with Crippen molar-refractivity contribution in [2.75, 3.05) is 0 Å². The molecule has 0 bridgehead atoms. The van der Waals surface area contributed by atoms with Crippen molar-refractivity contribution in [1.29, 1.82) is 0 Å². The van der Waals surface area contributed by atoms with Crippen molar-refractivity contribution >= 4 is 17.0 Å². The number of aromatic nitrogens is 5. The van der Waals surface area contributed by atoms with Crippen molar-refractivity contribution < 1.29 is 9.63 Å². The molecule has 0 spiro atoms. The first-order valence-corrected chi connectivity index (χ1v) is 5.04. The Bertz CT molecular complexity index is 631. The maximum atomic E-state index is 11.9. The van der Waals surface area contributed by atoms with E-state index in [9.17, 15) is 9.59 Å². The number of nitrogens with two attached hydrogens (primary N) is 1. The quantitative estimate of drug-likeness (QED) is 0.465. The lowest BCUT2D eigenvalue weighted by Crippen LogP contribution is -2.29. The summed E-state index contributed by atoms with van der Waals surface area (Å²) in [5, 5.41) is 11.8. The number of carbonyl (C=O) groups is 1. The fraction of sp³-hybridized carbons (Fsp3) is 0.375. The third-order valence-corrected chi connectivity index (χ3v) is 2.32. The van der Waals surface area contributed by atoms with Crippen LogP contribution in [0.25, 0.3) is 11.0 Å². The molecule has 0 aliphatic rings. The monoisotopic (exact) mass is 253 g/mol. The Morgan fingerprint density at radius 2 is 2.39 bits per heavy atom. The SMILES string of the molecule is Cn1ncc2c(=O)n(CCC(=O)ONN)nnc21. The van der Waals surface area contributed by atoms with Gasteiger partial charge in [-0.2, -0.15) is 5.10 Å². The molecule has 0 unspecified atom stereocenters. The van der Waals surface area contributed by atoms with Crippen molar-refractivity contribution in [1.82, 2.24) is 30.4 Å². The molecule has 3 N–H and O–H groups in total. The van der Waals surface area contributed by atoms with Crippen molar-refractivity contribution in [2.45, 2.75) is 13.0 Å². The summed E-state index contributed by atoms with van der Waals surface area (Å²) in [5.74, 6) is 4.21. The van der Waals surface area contributed by atoms with Gasteiger partial charge in [0.1, 0.15) is 5.39 Å². The van der Waals surface area contributed by atoms with Crippen LogP contribution in [0.15, 0.2) is 11.0 Å². The van der Waals surface area contributed by atoms with Crippen LogP contribution in [0.2, 0.25) is 0 Å². The maximum Gasteiger partial charge on any atom is 0.328 e. The summed E-state index contributed by atoms with van der Waals surface area (Å²) >= 11 is 0. The molecule has 0 saturated heterocycles. The molecule has 18 heavy (non-hydrogen) atoms. The number of rotatable bonds is 4. The molecular formula is C8H11N7O3. The summed E-state index contributed by atoms with van der Waals surface area (Å²) in [5.41, 5.74) is 1.80. The number of fused-ring (bicyclic) bond motifs is 1. The van der Waals surface area contributed by atoms with E-state index in [1.165, 1.54) is 10.9 Å². The fourth-order valence-electron chi connectivity index (χ4n) is 1.44. The van der Waals surface area contributed by atoms with E-state index < -0.39 is 5.97 Å². The van der Waals surface area contributed by atoms with Crippen LogP contribution in [0.5, 0.6) is 0 Å². The zero-order valence-electron chi connectivity index (χ0n) is 9.53. The van der Waals surface area contributed by atoms with E-state index in [4.69, 9.17) is 5.84 Å². The average molecular weight is 253 g/mol. The van der Waals surface area contributed by atoms with Gasteiger partial charge >= 0.3 is 5.97 Å². The van der Waals surface area contributed by atoms with Crippen molar-refractivity contribution in [3.63, 3.8) is 0 Å². The molecule has 2 heterocycles. The van der Waals surface area contributed by atoms with Gasteiger partial charge in [0.25, 0.3) is 5.56 Å². The lowest BCUT2D eigenvalue weighted by Gasteiger charge is -2.03. The number of hydrogen-bond acceptors (Lipinski definition) is 8. The Labute approximate surface area is 100 Å². The maximum absolute atomic E-state index is 11.9. The third kappa shape index (κ3) is 2.19. The highest BCUT2D eigenvalue weighted by atomic mass is 16.7. The van der Waals surface area contributed by atoms with Gasteiger partial charge in [0.2, 0.25) is 0 Å². The highest BCUT2D eigenvalue weighted by Crippen LogP contribution is 2.01. The molecule has 0 saturated carbocycles. The van der Waals surface area contributed by atoms with Gasteiger partial charge in [0, 0.05) is 7.05 Å². The minimum absolute atomic E-state index is 0.0510. The molecule has 0 aliphatic heterocycles. The Balaban J connectivity index is 2.22. The van der Waals surface area contributed by atoms with Crippen LogP contribution < -0.4 is 17.0 Å². The van der Waals surface area contributed by atoms with E-state index in [2.05, 4.69) is 20.2 Å². The standard InChI is InChI=1S/C8H11N7O3/c1-14-7-5(4-10-14)8(17)15(13-11-7)3-2-6(16)18-12-9/h4,12H,2-3,9H2,1H3. The lowest BCUT2D eigenvalue weighted by molar-refractivity contribution is -0.151. The zero-order chi connectivity index (χ0) is 13.1. The summed E-state index contributed by atoms with van der Waals surface area (Å²) in [6.07, 6.45) is 1.35. The van der Waals surface area contributed by atoms with Gasteiger partial charge in [-0.3, -0.25) is 9.59 Å². The highest BCUT2D eigenvalue weighted by molar-refractivity contribution is 5.72. The van der Waals surface area contributed by atoms with E-state index in [1.807, 2.05) is 0 Å². The Morgan fingerprint density at radius 1 is 1.61 bits per heavy atom. The first kappa shape index (κ1) is 12.1. The van der Waals surface area contributed by atoms with Gasteiger partial charge < -0.3 is 4.84 Å². The molecule has 0 radical (unpaired) electrons. The second-order valence-corrected chi connectivity index (χ2v) is 3.47. The van der Waals surface area contributed by atoms with Crippen molar-refractivity contribution in [3.8, 4) is 0 Å². The minimum Gasteiger partial charge on any atom is -0.356 e. The second kappa shape index (κ2) is 4.89. The molecule has 0 aliphatic carbocycles. The Kier molecular flexibility index (Phi) is 3.30. The summed E-state index contributed by atoms with van der Waals surface area (Å²) in [7, 11) is 1.66. The van der Waals surface area contributed by atoms with Crippen LogP contribution in [0.1, 0.15) is 6.42 Å². The van der Waals surface area contributed by atoms with Gasteiger partial charge in [-0.15, -0.1) is 5.10 Å². The molecule has 0 aromatic carbocycles. The first-order chi connectivity index (χ1) is 8.63. The average Bonchev–Trinajstić information content (AvgIpc) is 2.72. The van der Waals surface area contributed by atoms with E-state index in [1.54, 1.807) is 12.6 Å². The molecule has 10 nitrogen and oxygen atoms in total. The molecule has 10 heteroatoms. The van der Waals surface area contributed by atoms with Crippen LogP contribution in [-0.2, 0) is 23.2 Å². The number of nitrogens with one attached hydrogen (secondary N) is 1. The van der Waals surface area contributed by atoms with Crippen LogP contribution in [0.3, 0.4) is 0 Å². The third-order valence-electron chi connectivity index (χ3n) is 2.32. The molecule has 2 rings (SSSR count). The highest BCUT2D eigenvalue weighted by Gasteiger charge is 2.11. The van der Waals surface area contributed by atoms with Crippen LogP contribution in [0.4, 0.5) is 0 Å². The van der Waals surface area contributed by atoms with Crippen molar-refractivity contribution in [3.05, 3.63) is 16.6 Å². The van der Waals surface area contributed by atoms with E-state index in [0.717, 1.165) is 4.68 Å². The number of hydrazine groups is 1. The van der Waals surface area contributed by atoms with Gasteiger partial charge in [-0.1, -0.05) is 10.8 Å². The Morgan fingerprint density at radius 3 is 3.11 bits per heavy atom. The van der Waals surface area contributed by atoms with Crippen LogP contribution in [0, 0.1) is 0 Å². The van der Waals surface area contributed by atoms with Gasteiger partial charge in [-0.05, 0) is 0 Å². The van der Waals surface area contributed by atoms with Crippen LogP contribution >= 0.6 is 0 Å². The van der Waals surface area contributed by atoms with Gasteiger partial charge in [0.05, 0.1) is 19.2 Å². The lowest BCUT2D eigenvalue weighted by atomic mass is 10.4. The Hall–Kier alpha value is -2.33. The number of aryl methyl sites for hydroxylation is 2. The first-order valence-electron chi connectivity index (χ1n) is 5.04. The van der Waals surface area contributed by atoms with Gasteiger partial charge in [-0.25, -0.2) is 15.2 Å². The summed E-state index contributed by atoms with van der Waals surface area (Å²) in [6, 6.07) is 0. The summed E-state index contributed by atoms with van der Waals surface area (Å²) < 4.78 is 2.52. The zero-order valence-corrected chi connectivity index (χ0v) is 9.53. The van der Waals surface area contributed by atoms with Crippen LogP contribution in [-0.4, -0.2) is 30.7 Å². The number of carbonyl (C=O) groups excluding carboxylic acids is 1. The predicted molar refractivity (Wildman–Crippen MR) is 58.6 cm³/mol. The number of hydrogen-bond donors (Lipinski definition) is 2. The predicted octanol–water partition coefficient (Wildman–Crippen LogP) is -2.16. The van der Waals surface area contributed by atoms with Gasteiger partial charge in [0.15, 0.2) is 5.65 Å².